The van der Waals surface area contributed by atoms with Crippen LogP contribution < -0.4 is 5.32 Å². The molecule has 0 saturated carbocycles. The molecule has 4 heteroatoms. The average Bonchev–Trinajstić information content (AvgIpc) is 2.24. The number of nitrogens with one attached hydrogen (secondary N) is 1. The van der Waals surface area contributed by atoms with Crippen LogP contribution in [-0.4, -0.2) is 36.9 Å². The first kappa shape index (κ1) is 15.4. The van der Waals surface area contributed by atoms with Gasteiger partial charge in [0.15, 0.2) is 0 Å². The number of carbonyl (C=O) groups excluding carboxylic acids is 1. The largest absolute Gasteiger partial charge is 0.396 e. The van der Waals surface area contributed by atoms with Gasteiger partial charge in [-0.25, -0.2) is 0 Å². The molecule has 0 aromatic carbocycles. The number of aliphatic hydroxyl groups is 1. The van der Waals surface area contributed by atoms with Crippen molar-refractivity contribution in [2.24, 2.45) is 5.41 Å². The predicted molar refractivity (Wildman–Crippen MR) is 64.2 cm³/mol. The number of carbonyl (C=O) groups is 1. The molecule has 0 saturated heterocycles. The highest BCUT2D eigenvalue weighted by Gasteiger charge is 2.16. The van der Waals surface area contributed by atoms with Crippen LogP contribution in [0.2, 0.25) is 0 Å². The molecule has 0 aliphatic heterocycles. The lowest BCUT2D eigenvalue weighted by Gasteiger charge is -2.21. The van der Waals surface area contributed by atoms with E-state index in [1.54, 1.807) is 6.92 Å². The van der Waals surface area contributed by atoms with E-state index >= 15 is 0 Å². The predicted octanol–water partition coefficient (Wildman–Crippen LogP) is 1.33. The monoisotopic (exact) mass is 231 g/mol. The summed E-state index contributed by atoms with van der Waals surface area (Å²) in [6.07, 6.45) is 1.39. The van der Waals surface area contributed by atoms with Gasteiger partial charge in [-0.2, -0.15) is 0 Å². The van der Waals surface area contributed by atoms with E-state index in [-0.39, 0.29) is 24.0 Å². The maximum Gasteiger partial charge on any atom is 0.248 e. The van der Waals surface area contributed by atoms with E-state index in [4.69, 9.17) is 9.84 Å². The minimum atomic E-state index is -0.379. The molecular formula is C12H25NO3. The summed E-state index contributed by atoms with van der Waals surface area (Å²) in [6, 6.07) is 0. The first-order valence-corrected chi connectivity index (χ1v) is 5.93. The normalized spacial score (nSPS) is 13.6. The molecular weight excluding hydrogens is 206 g/mol. The van der Waals surface area contributed by atoms with Crippen LogP contribution in [0.25, 0.3) is 0 Å². The summed E-state index contributed by atoms with van der Waals surface area (Å²) in [5.41, 5.74) is -0.0593. The van der Waals surface area contributed by atoms with Crippen LogP contribution in [-0.2, 0) is 9.53 Å². The fourth-order valence-corrected chi connectivity index (χ4v) is 1.33. The summed E-state index contributed by atoms with van der Waals surface area (Å²) in [5, 5.41) is 11.9. The Morgan fingerprint density at radius 3 is 2.62 bits per heavy atom. The molecule has 0 fully saturated rings. The minimum Gasteiger partial charge on any atom is -0.396 e. The lowest BCUT2D eigenvalue weighted by atomic mass is 9.89. The first-order valence-electron chi connectivity index (χ1n) is 5.93. The zero-order valence-electron chi connectivity index (χ0n) is 10.9. The lowest BCUT2D eigenvalue weighted by molar-refractivity contribution is -0.131. The Hall–Kier alpha value is -0.610. The Balaban J connectivity index is 3.63. The molecule has 0 spiro atoms. The number of rotatable bonds is 8. The summed E-state index contributed by atoms with van der Waals surface area (Å²) in [6.45, 7) is 9.00. The molecule has 2 N–H and O–H groups in total. The fourth-order valence-electron chi connectivity index (χ4n) is 1.33. The number of ether oxygens (including phenoxy) is 1. The topological polar surface area (TPSA) is 58.6 Å². The summed E-state index contributed by atoms with van der Waals surface area (Å²) < 4.78 is 5.17. The Labute approximate surface area is 98.4 Å². The molecule has 0 aliphatic carbocycles. The molecule has 1 unspecified atom stereocenters. The zero-order valence-corrected chi connectivity index (χ0v) is 10.9. The van der Waals surface area contributed by atoms with Crippen molar-refractivity contribution in [2.75, 3.05) is 19.8 Å². The molecule has 0 aliphatic rings. The van der Waals surface area contributed by atoms with Crippen molar-refractivity contribution in [1.82, 2.24) is 5.32 Å². The van der Waals surface area contributed by atoms with E-state index in [0.717, 1.165) is 12.8 Å². The quantitative estimate of drug-likeness (QED) is 0.620. The Morgan fingerprint density at radius 2 is 2.12 bits per heavy atom. The van der Waals surface area contributed by atoms with Crippen molar-refractivity contribution in [3.8, 4) is 0 Å². The van der Waals surface area contributed by atoms with E-state index in [9.17, 15) is 4.79 Å². The van der Waals surface area contributed by atoms with Crippen molar-refractivity contribution >= 4 is 5.91 Å². The van der Waals surface area contributed by atoms with Gasteiger partial charge in [-0.1, -0.05) is 13.8 Å². The van der Waals surface area contributed by atoms with Gasteiger partial charge in [-0.15, -0.1) is 0 Å². The minimum absolute atomic E-state index is 0.0593. The summed E-state index contributed by atoms with van der Waals surface area (Å²) in [7, 11) is 0. The van der Waals surface area contributed by atoms with Crippen LogP contribution in [0.1, 0.15) is 40.5 Å². The van der Waals surface area contributed by atoms with Gasteiger partial charge in [0.05, 0.1) is 0 Å². The van der Waals surface area contributed by atoms with Gasteiger partial charge in [0.2, 0.25) is 5.91 Å². The maximum atomic E-state index is 11.4. The molecule has 0 bridgehead atoms. The number of aliphatic hydroxyl groups excluding tert-OH is 1. The lowest BCUT2D eigenvalue weighted by Crippen LogP contribution is -2.35. The number of amides is 1. The van der Waals surface area contributed by atoms with Crippen molar-refractivity contribution in [1.29, 1.82) is 0 Å². The molecule has 0 aromatic heterocycles. The van der Waals surface area contributed by atoms with Gasteiger partial charge in [0.1, 0.15) is 6.10 Å². The second-order valence-electron chi connectivity index (χ2n) is 4.81. The van der Waals surface area contributed by atoms with Gasteiger partial charge in [-0.05, 0) is 32.1 Å². The summed E-state index contributed by atoms with van der Waals surface area (Å²) in [5.74, 6) is -0.0661. The van der Waals surface area contributed by atoms with Crippen LogP contribution in [0.15, 0.2) is 0 Å². The average molecular weight is 231 g/mol. The van der Waals surface area contributed by atoms with Crippen LogP contribution in [0.4, 0.5) is 0 Å². The van der Waals surface area contributed by atoms with Crippen LogP contribution in [0, 0.1) is 5.41 Å². The van der Waals surface area contributed by atoms with E-state index in [1.165, 1.54) is 0 Å². The number of hydrogen-bond acceptors (Lipinski definition) is 3. The van der Waals surface area contributed by atoms with E-state index in [1.807, 2.05) is 20.8 Å². The van der Waals surface area contributed by atoms with E-state index in [0.29, 0.717) is 13.2 Å². The van der Waals surface area contributed by atoms with Crippen molar-refractivity contribution in [2.45, 2.75) is 46.6 Å². The first-order chi connectivity index (χ1) is 7.43. The molecule has 0 aromatic rings. The zero-order chi connectivity index (χ0) is 12.6. The van der Waals surface area contributed by atoms with Crippen LogP contribution in [0.5, 0.6) is 0 Å². The highest BCUT2D eigenvalue weighted by Crippen LogP contribution is 2.20. The maximum absolute atomic E-state index is 11.4. The third kappa shape index (κ3) is 6.80. The third-order valence-electron chi connectivity index (χ3n) is 2.54. The van der Waals surface area contributed by atoms with Crippen molar-refractivity contribution in [3.63, 3.8) is 0 Å². The highest BCUT2D eigenvalue weighted by molar-refractivity contribution is 5.80. The van der Waals surface area contributed by atoms with Crippen LogP contribution in [0.3, 0.4) is 0 Å². The molecule has 1 atom stereocenters. The Bertz CT molecular complexity index is 204. The van der Waals surface area contributed by atoms with Gasteiger partial charge in [0, 0.05) is 19.8 Å². The van der Waals surface area contributed by atoms with E-state index < -0.39 is 0 Å². The van der Waals surface area contributed by atoms with Gasteiger partial charge < -0.3 is 15.2 Å². The molecule has 1 amide bonds. The fraction of sp³-hybridized carbons (Fsp3) is 0.917. The third-order valence-corrected chi connectivity index (χ3v) is 2.54. The summed E-state index contributed by atoms with van der Waals surface area (Å²) >= 11 is 0. The van der Waals surface area contributed by atoms with Gasteiger partial charge in [-0.3, -0.25) is 4.79 Å². The second-order valence-corrected chi connectivity index (χ2v) is 4.81. The smallest absolute Gasteiger partial charge is 0.248 e. The second kappa shape index (κ2) is 7.63. The molecule has 0 radical (unpaired) electrons. The molecule has 16 heavy (non-hydrogen) atoms. The number of hydrogen-bond donors (Lipinski definition) is 2. The van der Waals surface area contributed by atoms with Gasteiger partial charge in [0.25, 0.3) is 0 Å². The van der Waals surface area contributed by atoms with E-state index in [2.05, 4.69) is 5.32 Å². The molecule has 0 rings (SSSR count). The Kier molecular flexibility index (Phi) is 7.34. The van der Waals surface area contributed by atoms with Crippen molar-refractivity contribution in [3.05, 3.63) is 0 Å². The SMILES string of the molecule is CCOC(C)C(=O)NCCCC(C)(C)CO. The Morgan fingerprint density at radius 1 is 1.50 bits per heavy atom. The highest BCUT2D eigenvalue weighted by atomic mass is 16.5. The summed E-state index contributed by atoms with van der Waals surface area (Å²) in [4.78, 5) is 11.4. The molecule has 96 valence electrons. The standard InChI is InChI=1S/C12H25NO3/c1-5-16-10(2)11(15)13-8-6-7-12(3,4)9-14/h10,14H,5-9H2,1-4H3,(H,13,15). The van der Waals surface area contributed by atoms with Crippen LogP contribution >= 0.6 is 0 Å². The van der Waals surface area contributed by atoms with Gasteiger partial charge >= 0.3 is 0 Å². The molecule has 0 heterocycles. The molecule has 4 nitrogen and oxygen atoms in total. The van der Waals surface area contributed by atoms with Crippen molar-refractivity contribution < 1.29 is 14.6 Å².